The monoisotopic (exact) mass is 330 g/mol. The SMILES string of the molecule is CC(C)NC(=O)c1c[nH]c2ncc(Oc3cccc(Cl)c3)nc12. The van der Waals surface area contributed by atoms with Crippen molar-refractivity contribution >= 4 is 28.7 Å². The maximum Gasteiger partial charge on any atom is 0.255 e. The van der Waals surface area contributed by atoms with Gasteiger partial charge in [0, 0.05) is 17.3 Å². The van der Waals surface area contributed by atoms with Gasteiger partial charge < -0.3 is 15.0 Å². The van der Waals surface area contributed by atoms with Crippen LogP contribution in [0.15, 0.2) is 36.7 Å². The highest BCUT2D eigenvalue weighted by Gasteiger charge is 2.16. The number of halogens is 1. The molecule has 0 aliphatic heterocycles. The van der Waals surface area contributed by atoms with E-state index in [0.29, 0.717) is 27.5 Å². The van der Waals surface area contributed by atoms with Crippen LogP contribution in [0.1, 0.15) is 24.2 Å². The summed E-state index contributed by atoms with van der Waals surface area (Å²) in [5.41, 5.74) is 1.41. The minimum absolute atomic E-state index is 0.0336. The molecule has 23 heavy (non-hydrogen) atoms. The molecule has 2 heterocycles. The molecule has 0 radical (unpaired) electrons. The smallest absolute Gasteiger partial charge is 0.255 e. The van der Waals surface area contributed by atoms with Crippen molar-refractivity contribution in [2.24, 2.45) is 0 Å². The quantitative estimate of drug-likeness (QED) is 0.766. The largest absolute Gasteiger partial charge is 0.437 e. The van der Waals surface area contributed by atoms with E-state index in [2.05, 4.69) is 20.3 Å². The van der Waals surface area contributed by atoms with Gasteiger partial charge in [-0.05, 0) is 32.0 Å². The minimum atomic E-state index is -0.208. The number of fused-ring (bicyclic) bond motifs is 1. The number of H-pyrrole nitrogens is 1. The van der Waals surface area contributed by atoms with Crippen molar-refractivity contribution in [3.63, 3.8) is 0 Å². The molecule has 3 rings (SSSR count). The van der Waals surface area contributed by atoms with E-state index < -0.39 is 0 Å². The molecule has 0 spiro atoms. The van der Waals surface area contributed by atoms with Crippen LogP contribution < -0.4 is 10.1 Å². The van der Waals surface area contributed by atoms with Crippen LogP contribution in [0.2, 0.25) is 5.02 Å². The van der Waals surface area contributed by atoms with Gasteiger partial charge in [0.1, 0.15) is 11.3 Å². The molecule has 2 aromatic heterocycles. The van der Waals surface area contributed by atoms with Crippen LogP contribution >= 0.6 is 11.6 Å². The Balaban J connectivity index is 1.93. The summed E-state index contributed by atoms with van der Waals surface area (Å²) in [5.74, 6) is 0.633. The summed E-state index contributed by atoms with van der Waals surface area (Å²) in [7, 11) is 0. The molecule has 0 saturated carbocycles. The zero-order valence-electron chi connectivity index (χ0n) is 12.6. The van der Waals surface area contributed by atoms with E-state index in [1.807, 2.05) is 13.8 Å². The Morgan fingerprint density at radius 2 is 2.22 bits per heavy atom. The summed E-state index contributed by atoms with van der Waals surface area (Å²) < 4.78 is 5.65. The van der Waals surface area contributed by atoms with Crippen LogP contribution in [-0.2, 0) is 0 Å². The lowest BCUT2D eigenvalue weighted by Crippen LogP contribution is -2.29. The molecule has 0 saturated heterocycles. The van der Waals surface area contributed by atoms with Crippen LogP contribution in [-0.4, -0.2) is 26.9 Å². The highest BCUT2D eigenvalue weighted by Crippen LogP contribution is 2.24. The molecule has 1 amide bonds. The molecule has 0 fully saturated rings. The molecule has 7 heteroatoms. The first-order valence-electron chi connectivity index (χ1n) is 7.11. The van der Waals surface area contributed by atoms with Crippen molar-refractivity contribution < 1.29 is 9.53 Å². The van der Waals surface area contributed by atoms with Gasteiger partial charge in [0.15, 0.2) is 5.65 Å². The Hall–Kier alpha value is -2.60. The fourth-order valence-corrected chi connectivity index (χ4v) is 2.27. The molecule has 118 valence electrons. The zero-order chi connectivity index (χ0) is 16.4. The van der Waals surface area contributed by atoms with Gasteiger partial charge in [0.25, 0.3) is 5.91 Å². The number of carbonyl (C=O) groups excluding carboxylic acids is 1. The van der Waals surface area contributed by atoms with E-state index in [1.165, 1.54) is 6.20 Å². The molecule has 0 aliphatic carbocycles. The molecule has 6 nitrogen and oxygen atoms in total. The van der Waals surface area contributed by atoms with Gasteiger partial charge in [-0.15, -0.1) is 0 Å². The maximum atomic E-state index is 12.2. The molecular weight excluding hydrogens is 316 g/mol. The third-order valence-electron chi connectivity index (χ3n) is 3.04. The number of hydrogen-bond acceptors (Lipinski definition) is 4. The average Bonchev–Trinajstić information content (AvgIpc) is 2.89. The number of aromatic nitrogens is 3. The van der Waals surface area contributed by atoms with Gasteiger partial charge in [-0.3, -0.25) is 4.79 Å². The second-order valence-corrected chi connectivity index (χ2v) is 5.73. The van der Waals surface area contributed by atoms with Gasteiger partial charge >= 0.3 is 0 Å². The first-order chi connectivity index (χ1) is 11.0. The van der Waals surface area contributed by atoms with Gasteiger partial charge in [0.05, 0.1) is 11.8 Å². The lowest BCUT2D eigenvalue weighted by atomic mass is 10.2. The second-order valence-electron chi connectivity index (χ2n) is 5.30. The van der Waals surface area contributed by atoms with E-state index in [-0.39, 0.29) is 17.8 Å². The lowest BCUT2D eigenvalue weighted by Gasteiger charge is -2.07. The predicted molar refractivity (Wildman–Crippen MR) is 88.0 cm³/mol. The van der Waals surface area contributed by atoms with Crippen LogP contribution in [0.25, 0.3) is 11.2 Å². The number of benzene rings is 1. The second kappa shape index (κ2) is 6.26. The lowest BCUT2D eigenvalue weighted by molar-refractivity contribution is 0.0944. The molecule has 0 aliphatic rings. The van der Waals surface area contributed by atoms with Gasteiger partial charge in [0.2, 0.25) is 5.88 Å². The van der Waals surface area contributed by atoms with E-state index >= 15 is 0 Å². The number of nitrogens with zero attached hydrogens (tertiary/aromatic N) is 2. The van der Waals surface area contributed by atoms with E-state index in [4.69, 9.17) is 16.3 Å². The Labute approximate surface area is 137 Å². The molecule has 0 unspecified atom stereocenters. The van der Waals surface area contributed by atoms with Crippen LogP contribution in [0.4, 0.5) is 0 Å². The summed E-state index contributed by atoms with van der Waals surface area (Å²) >= 11 is 5.93. The number of nitrogens with one attached hydrogen (secondary N) is 2. The summed E-state index contributed by atoms with van der Waals surface area (Å²) in [6.07, 6.45) is 3.08. The van der Waals surface area contributed by atoms with Gasteiger partial charge in [-0.25, -0.2) is 9.97 Å². The third-order valence-corrected chi connectivity index (χ3v) is 3.28. The summed E-state index contributed by atoms with van der Waals surface area (Å²) in [5, 5.41) is 3.39. The summed E-state index contributed by atoms with van der Waals surface area (Å²) in [4.78, 5) is 23.7. The van der Waals surface area contributed by atoms with Crippen molar-refractivity contribution in [3.05, 3.63) is 47.2 Å². The highest BCUT2D eigenvalue weighted by atomic mass is 35.5. The Kier molecular flexibility index (Phi) is 4.16. The van der Waals surface area contributed by atoms with Crippen LogP contribution in [0.5, 0.6) is 11.6 Å². The summed E-state index contributed by atoms with van der Waals surface area (Å²) in [6, 6.07) is 7.01. The topological polar surface area (TPSA) is 79.9 Å². The van der Waals surface area contributed by atoms with Crippen LogP contribution in [0.3, 0.4) is 0 Å². The first-order valence-corrected chi connectivity index (χ1v) is 7.49. The van der Waals surface area contributed by atoms with Crippen LogP contribution in [0, 0.1) is 0 Å². The molecule has 3 aromatic rings. The Bertz CT molecular complexity index is 860. The number of carbonyl (C=O) groups is 1. The molecule has 0 bridgehead atoms. The van der Waals surface area contributed by atoms with Crippen molar-refractivity contribution in [1.29, 1.82) is 0 Å². The van der Waals surface area contributed by atoms with Gasteiger partial charge in [-0.2, -0.15) is 0 Å². The van der Waals surface area contributed by atoms with E-state index in [0.717, 1.165) is 0 Å². The van der Waals surface area contributed by atoms with Crippen molar-refractivity contribution in [2.45, 2.75) is 19.9 Å². The predicted octanol–water partition coefficient (Wildman–Crippen LogP) is 3.54. The molecule has 2 N–H and O–H groups in total. The normalized spacial score (nSPS) is 11.0. The highest BCUT2D eigenvalue weighted by molar-refractivity contribution is 6.30. The molecule has 0 atom stereocenters. The van der Waals surface area contributed by atoms with Crippen molar-refractivity contribution in [3.8, 4) is 11.6 Å². The van der Waals surface area contributed by atoms with Crippen molar-refractivity contribution in [1.82, 2.24) is 20.3 Å². The fraction of sp³-hybridized carbons (Fsp3) is 0.188. The average molecular weight is 331 g/mol. The fourth-order valence-electron chi connectivity index (χ4n) is 2.09. The number of hydrogen-bond donors (Lipinski definition) is 2. The summed E-state index contributed by atoms with van der Waals surface area (Å²) in [6.45, 7) is 3.79. The number of aromatic amines is 1. The zero-order valence-corrected chi connectivity index (χ0v) is 13.4. The Morgan fingerprint density at radius 3 is 2.96 bits per heavy atom. The number of amides is 1. The van der Waals surface area contributed by atoms with E-state index in [9.17, 15) is 4.79 Å². The number of rotatable bonds is 4. The van der Waals surface area contributed by atoms with E-state index in [1.54, 1.807) is 30.5 Å². The number of ether oxygens (including phenoxy) is 1. The molecule has 1 aromatic carbocycles. The van der Waals surface area contributed by atoms with Crippen molar-refractivity contribution in [2.75, 3.05) is 0 Å². The van der Waals surface area contributed by atoms with Gasteiger partial charge in [-0.1, -0.05) is 17.7 Å². The third kappa shape index (κ3) is 3.43. The Morgan fingerprint density at radius 1 is 1.39 bits per heavy atom. The standard InChI is InChI=1S/C16H15ClN4O2/c1-9(2)20-16(22)12-7-18-15-14(12)21-13(8-19-15)23-11-5-3-4-10(17)6-11/h3-9H,1-2H3,(H,18,19)(H,20,22). The minimum Gasteiger partial charge on any atom is -0.437 e. The maximum absolute atomic E-state index is 12.2. The molecular formula is C16H15ClN4O2. The first kappa shape index (κ1) is 15.3.